The van der Waals surface area contributed by atoms with Crippen molar-refractivity contribution in [1.29, 1.82) is 0 Å². The highest BCUT2D eigenvalue weighted by atomic mass is 127. The fourth-order valence-corrected chi connectivity index (χ4v) is 1.79. The van der Waals surface area contributed by atoms with E-state index in [9.17, 15) is 0 Å². The Labute approximate surface area is 116 Å². The summed E-state index contributed by atoms with van der Waals surface area (Å²) in [5, 5.41) is 0. The van der Waals surface area contributed by atoms with E-state index in [1.807, 2.05) is 19.0 Å². The van der Waals surface area contributed by atoms with E-state index in [4.69, 9.17) is 10.5 Å². The minimum absolute atomic E-state index is 0. The molecule has 0 heterocycles. The van der Waals surface area contributed by atoms with Crippen LogP contribution >= 0.6 is 24.0 Å². The van der Waals surface area contributed by atoms with Crippen molar-refractivity contribution >= 4 is 29.9 Å². The monoisotopic (exact) mass is 341 g/mol. The Hall–Kier alpha value is -0.0400. The number of aliphatic imine (C=N–C) groups is 1. The summed E-state index contributed by atoms with van der Waals surface area (Å²) in [5.74, 6) is 1.41. The maximum atomic E-state index is 5.69. The van der Waals surface area contributed by atoms with Crippen molar-refractivity contribution < 1.29 is 4.74 Å². The first-order chi connectivity index (χ1) is 7.13. The lowest BCUT2D eigenvalue weighted by Crippen LogP contribution is -2.33. The van der Waals surface area contributed by atoms with Crippen molar-refractivity contribution in [3.8, 4) is 0 Å². The standard InChI is InChI=1S/C11H23N3O.HI/c1-4-15-10-7-9(8-10)5-6-13-11(12)14(2)3;/h9-10H,4-8H2,1-3H3,(H2,12,13);1H. The lowest BCUT2D eigenvalue weighted by atomic mass is 9.80. The van der Waals surface area contributed by atoms with Crippen LogP contribution in [0, 0.1) is 5.92 Å². The van der Waals surface area contributed by atoms with Gasteiger partial charge in [0.05, 0.1) is 6.10 Å². The molecule has 0 aromatic heterocycles. The predicted octanol–water partition coefficient (Wildman–Crippen LogP) is 1.69. The summed E-state index contributed by atoms with van der Waals surface area (Å²) in [6.45, 7) is 3.73. The number of halogens is 1. The van der Waals surface area contributed by atoms with Crippen molar-refractivity contribution in [2.75, 3.05) is 27.2 Å². The zero-order chi connectivity index (χ0) is 11.3. The van der Waals surface area contributed by atoms with Gasteiger partial charge in [-0.2, -0.15) is 0 Å². The van der Waals surface area contributed by atoms with Crippen molar-refractivity contribution in [3.63, 3.8) is 0 Å². The SMILES string of the molecule is CCOC1CC(CCN=C(N)N(C)C)C1.I. The summed E-state index contributed by atoms with van der Waals surface area (Å²) in [6.07, 6.45) is 4.05. The molecule has 0 aromatic rings. The van der Waals surface area contributed by atoms with Gasteiger partial charge in [-0.15, -0.1) is 24.0 Å². The quantitative estimate of drug-likeness (QED) is 0.470. The minimum atomic E-state index is 0. The third-order valence-electron chi connectivity index (χ3n) is 2.86. The highest BCUT2D eigenvalue weighted by Crippen LogP contribution is 2.32. The third kappa shape index (κ3) is 5.34. The maximum absolute atomic E-state index is 5.69. The van der Waals surface area contributed by atoms with Crippen molar-refractivity contribution in [3.05, 3.63) is 0 Å². The molecule has 0 radical (unpaired) electrons. The molecule has 0 spiro atoms. The molecule has 1 rings (SSSR count). The Bertz CT molecular complexity index is 215. The Morgan fingerprint density at radius 1 is 1.44 bits per heavy atom. The van der Waals surface area contributed by atoms with Crippen LogP contribution in [0.2, 0.25) is 0 Å². The third-order valence-corrected chi connectivity index (χ3v) is 2.86. The molecule has 2 N–H and O–H groups in total. The van der Waals surface area contributed by atoms with E-state index in [0.717, 1.165) is 25.5 Å². The molecular formula is C11H24IN3O. The van der Waals surface area contributed by atoms with Crippen molar-refractivity contribution in [2.24, 2.45) is 16.6 Å². The number of guanidine groups is 1. The van der Waals surface area contributed by atoms with Gasteiger partial charge in [0, 0.05) is 27.2 Å². The van der Waals surface area contributed by atoms with Gasteiger partial charge >= 0.3 is 0 Å². The first-order valence-corrected chi connectivity index (χ1v) is 5.72. The molecule has 0 aliphatic heterocycles. The number of hydrogen-bond donors (Lipinski definition) is 1. The first kappa shape index (κ1) is 16.0. The molecule has 0 saturated heterocycles. The van der Waals surface area contributed by atoms with Crippen LogP contribution in [0.1, 0.15) is 26.2 Å². The molecule has 5 heteroatoms. The topological polar surface area (TPSA) is 50.9 Å². The zero-order valence-corrected chi connectivity index (χ0v) is 12.8. The summed E-state index contributed by atoms with van der Waals surface area (Å²) in [5.41, 5.74) is 5.69. The van der Waals surface area contributed by atoms with Gasteiger partial charge in [0.2, 0.25) is 0 Å². The Morgan fingerprint density at radius 2 is 2.06 bits per heavy atom. The molecular weight excluding hydrogens is 317 g/mol. The highest BCUT2D eigenvalue weighted by Gasteiger charge is 2.28. The minimum Gasteiger partial charge on any atom is -0.378 e. The van der Waals surface area contributed by atoms with Gasteiger partial charge in [0.25, 0.3) is 0 Å². The smallest absolute Gasteiger partial charge is 0.190 e. The summed E-state index contributed by atoms with van der Waals surface area (Å²) in [7, 11) is 3.82. The van der Waals surface area contributed by atoms with Gasteiger partial charge in [-0.3, -0.25) is 4.99 Å². The van der Waals surface area contributed by atoms with Crippen LogP contribution in [-0.4, -0.2) is 44.2 Å². The largest absolute Gasteiger partial charge is 0.378 e. The van der Waals surface area contributed by atoms with Crippen molar-refractivity contribution in [2.45, 2.75) is 32.3 Å². The fraction of sp³-hybridized carbons (Fsp3) is 0.909. The number of nitrogens with zero attached hydrogens (tertiary/aromatic N) is 2. The Morgan fingerprint density at radius 3 is 2.56 bits per heavy atom. The van der Waals surface area contributed by atoms with Gasteiger partial charge in [-0.1, -0.05) is 0 Å². The number of nitrogens with two attached hydrogens (primary N) is 1. The van der Waals surface area contributed by atoms with Crippen molar-refractivity contribution in [1.82, 2.24) is 4.90 Å². The molecule has 1 saturated carbocycles. The molecule has 0 aromatic carbocycles. The van der Waals surface area contributed by atoms with E-state index >= 15 is 0 Å². The van der Waals surface area contributed by atoms with E-state index in [2.05, 4.69) is 11.9 Å². The van der Waals surface area contributed by atoms with E-state index < -0.39 is 0 Å². The second-order valence-electron chi connectivity index (χ2n) is 4.34. The molecule has 0 bridgehead atoms. The molecule has 0 unspecified atom stereocenters. The van der Waals surface area contributed by atoms with Crippen LogP contribution in [0.3, 0.4) is 0 Å². The van der Waals surface area contributed by atoms with E-state index in [1.54, 1.807) is 0 Å². The summed E-state index contributed by atoms with van der Waals surface area (Å²) in [6, 6.07) is 0. The van der Waals surface area contributed by atoms with Crippen LogP contribution in [-0.2, 0) is 4.74 Å². The maximum Gasteiger partial charge on any atom is 0.190 e. The second-order valence-corrected chi connectivity index (χ2v) is 4.34. The second kappa shape index (κ2) is 8.11. The zero-order valence-electron chi connectivity index (χ0n) is 10.5. The van der Waals surface area contributed by atoms with Gasteiger partial charge in [-0.05, 0) is 32.1 Å². The molecule has 0 atom stereocenters. The predicted molar refractivity (Wildman–Crippen MR) is 78.3 cm³/mol. The van der Waals surface area contributed by atoms with Gasteiger partial charge < -0.3 is 15.4 Å². The molecule has 1 fully saturated rings. The lowest BCUT2D eigenvalue weighted by Gasteiger charge is -2.34. The number of rotatable bonds is 5. The molecule has 1 aliphatic carbocycles. The molecule has 0 amide bonds. The van der Waals surface area contributed by atoms with E-state index in [0.29, 0.717) is 12.1 Å². The van der Waals surface area contributed by atoms with Gasteiger partial charge in [-0.25, -0.2) is 0 Å². The van der Waals surface area contributed by atoms with Crippen LogP contribution in [0.25, 0.3) is 0 Å². The van der Waals surface area contributed by atoms with E-state index in [1.165, 1.54) is 12.8 Å². The first-order valence-electron chi connectivity index (χ1n) is 5.72. The normalized spacial score (nSPS) is 24.6. The molecule has 96 valence electrons. The average Bonchev–Trinajstić information content (AvgIpc) is 2.13. The van der Waals surface area contributed by atoms with Crippen LogP contribution in [0.15, 0.2) is 4.99 Å². The summed E-state index contributed by atoms with van der Waals surface area (Å²) in [4.78, 5) is 6.13. The average molecular weight is 341 g/mol. The number of ether oxygens (including phenoxy) is 1. The summed E-state index contributed by atoms with van der Waals surface area (Å²) >= 11 is 0. The summed E-state index contributed by atoms with van der Waals surface area (Å²) < 4.78 is 5.50. The molecule has 16 heavy (non-hydrogen) atoms. The van der Waals surface area contributed by atoms with Crippen LogP contribution in [0.5, 0.6) is 0 Å². The van der Waals surface area contributed by atoms with Crippen LogP contribution in [0.4, 0.5) is 0 Å². The molecule has 4 nitrogen and oxygen atoms in total. The molecule has 1 aliphatic rings. The lowest BCUT2D eigenvalue weighted by molar-refractivity contribution is -0.0257. The number of hydrogen-bond acceptors (Lipinski definition) is 2. The van der Waals surface area contributed by atoms with Gasteiger partial charge in [0.15, 0.2) is 5.96 Å². The Kier molecular flexibility index (Phi) is 8.09. The fourth-order valence-electron chi connectivity index (χ4n) is 1.79. The van der Waals surface area contributed by atoms with Gasteiger partial charge in [0.1, 0.15) is 0 Å². The highest BCUT2D eigenvalue weighted by molar-refractivity contribution is 14.0. The van der Waals surface area contributed by atoms with Crippen LogP contribution < -0.4 is 5.73 Å². The Balaban J connectivity index is 0.00000225. The van der Waals surface area contributed by atoms with E-state index in [-0.39, 0.29) is 24.0 Å².